The zero-order valence-electron chi connectivity index (χ0n) is 16.3. The molecule has 3 aromatic rings. The van der Waals surface area contributed by atoms with Gasteiger partial charge in [-0.25, -0.2) is 0 Å². The average molecular weight is 378 g/mol. The van der Waals surface area contributed by atoms with E-state index in [1.54, 1.807) is 12.1 Å². The maximum absolute atomic E-state index is 13.1. The lowest BCUT2D eigenvalue weighted by Gasteiger charge is -2.28. The van der Waals surface area contributed by atoms with Gasteiger partial charge < -0.3 is 19.4 Å². The van der Waals surface area contributed by atoms with Crippen LogP contribution in [-0.2, 0) is 6.42 Å². The lowest BCUT2D eigenvalue weighted by Crippen LogP contribution is -2.27. The third-order valence-electron chi connectivity index (χ3n) is 4.89. The van der Waals surface area contributed by atoms with Crippen molar-refractivity contribution < 1.29 is 19.4 Å². The van der Waals surface area contributed by atoms with Crippen LogP contribution in [0.1, 0.15) is 38.8 Å². The van der Waals surface area contributed by atoms with E-state index in [4.69, 9.17) is 9.15 Å². The van der Waals surface area contributed by atoms with Crippen molar-refractivity contribution in [3.05, 3.63) is 57.3 Å². The van der Waals surface area contributed by atoms with E-state index in [0.29, 0.717) is 23.3 Å². The summed E-state index contributed by atoms with van der Waals surface area (Å²) in [6, 6.07) is 4.82. The summed E-state index contributed by atoms with van der Waals surface area (Å²) < 4.78 is 12.0. The fourth-order valence-corrected chi connectivity index (χ4v) is 3.39. The first-order chi connectivity index (χ1) is 13.2. The number of hydrogen-bond donors (Lipinski definition) is 2. The molecule has 1 aromatic heterocycles. The number of phenols is 2. The molecule has 4 rings (SSSR count). The highest BCUT2D eigenvalue weighted by atomic mass is 16.5. The molecule has 0 aliphatic carbocycles. The summed E-state index contributed by atoms with van der Waals surface area (Å²) in [5.74, 6) is 0.135. The Morgan fingerprint density at radius 2 is 1.93 bits per heavy atom. The zero-order valence-corrected chi connectivity index (χ0v) is 16.3. The number of benzene rings is 2. The van der Waals surface area contributed by atoms with Gasteiger partial charge in [-0.05, 0) is 52.3 Å². The van der Waals surface area contributed by atoms with Gasteiger partial charge in [0.15, 0.2) is 22.7 Å². The van der Waals surface area contributed by atoms with Crippen LogP contribution in [-0.4, -0.2) is 15.8 Å². The van der Waals surface area contributed by atoms with Crippen molar-refractivity contribution in [2.24, 2.45) is 0 Å². The summed E-state index contributed by atoms with van der Waals surface area (Å²) in [6.07, 6.45) is 6.21. The highest BCUT2D eigenvalue weighted by molar-refractivity contribution is 5.99. The smallest absolute Gasteiger partial charge is 0.204 e. The first-order valence-electron chi connectivity index (χ1n) is 9.17. The van der Waals surface area contributed by atoms with E-state index in [9.17, 15) is 15.0 Å². The Morgan fingerprint density at radius 3 is 2.64 bits per heavy atom. The Hall–Kier alpha value is -3.21. The van der Waals surface area contributed by atoms with Crippen LogP contribution in [0.3, 0.4) is 0 Å². The van der Waals surface area contributed by atoms with Crippen LogP contribution in [0.4, 0.5) is 0 Å². The molecule has 2 aromatic carbocycles. The van der Waals surface area contributed by atoms with Crippen LogP contribution in [0.25, 0.3) is 28.0 Å². The van der Waals surface area contributed by atoms with E-state index in [2.05, 4.69) is 0 Å². The normalized spacial score (nSPS) is 14.7. The van der Waals surface area contributed by atoms with Crippen molar-refractivity contribution in [3.63, 3.8) is 0 Å². The van der Waals surface area contributed by atoms with Crippen molar-refractivity contribution in [3.8, 4) is 17.2 Å². The number of allylic oxidation sites excluding steroid dienone is 2. The molecule has 0 amide bonds. The molecule has 0 radical (unpaired) electrons. The number of rotatable bonds is 2. The summed E-state index contributed by atoms with van der Waals surface area (Å²) in [5.41, 5.74) is 1.65. The number of aromatic hydroxyl groups is 2. The fourth-order valence-electron chi connectivity index (χ4n) is 3.39. The minimum Gasteiger partial charge on any atom is -0.507 e. The van der Waals surface area contributed by atoms with Crippen LogP contribution >= 0.6 is 0 Å². The number of ether oxygens (including phenoxy) is 1. The van der Waals surface area contributed by atoms with E-state index < -0.39 is 11.0 Å². The molecule has 28 heavy (non-hydrogen) atoms. The number of phenolic OH excluding ortho intramolecular Hbond substituents is 2. The minimum absolute atomic E-state index is 0.0498. The Morgan fingerprint density at radius 1 is 1.18 bits per heavy atom. The molecule has 144 valence electrons. The average Bonchev–Trinajstić information content (AvgIpc) is 2.62. The molecule has 1 aliphatic rings. The molecule has 2 heterocycles. The molecule has 2 N–H and O–H groups in total. The van der Waals surface area contributed by atoms with Gasteiger partial charge in [0.1, 0.15) is 16.7 Å². The Balaban J connectivity index is 2.07. The third kappa shape index (κ3) is 2.83. The highest BCUT2D eigenvalue weighted by Gasteiger charge is 2.28. The molecule has 0 spiro atoms. The molecular formula is C23H22O5. The number of fused-ring (bicyclic) bond motifs is 4. The maximum atomic E-state index is 13.1. The summed E-state index contributed by atoms with van der Waals surface area (Å²) in [6.45, 7) is 7.74. The van der Waals surface area contributed by atoms with E-state index in [1.165, 1.54) is 6.07 Å². The lowest BCUT2D eigenvalue weighted by molar-refractivity contribution is 0.159. The van der Waals surface area contributed by atoms with Gasteiger partial charge >= 0.3 is 0 Å². The predicted molar refractivity (Wildman–Crippen MR) is 110 cm³/mol. The minimum atomic E-state index is -0.586. The molecule has 5 nitrogen and oxygen atoms in total. The second-order valence-corrected chi connectivity index (χ2v) is 7.92. The lowest BCUT2D eigenvalue weighted by atomic mass is 9.99. The zero-order chi connectivity index (χ0) is 20.2. The molecule has 1 aliphatic heterocycles. The van der Waals surface area contributed by atoms with Gasteiger partial charge in [-0.3, -0.25) is 4.79 Å². The van der Waals surface area contributed by atoms with Crippen molar-refractivity contribution >= 4 is 28.0 Å². The van der Waals surface area contributed by atoms with Gasteiger partial charge in [0, 0.05) is 11.1 Å². The van der Waals surface area contributed by atoms with Crippen LogP contribution < -0.4 is 10.2 Å². The first kappa shape index (κ1) is 18.2. The third-order valence-corrected chi connectivity index (χ3v) is 4.89. The fraction of sp³-hybridized carbons (Fsp3) is 0.261. The molecule has 5 heteroatoms. The van der Waals surface area contributed by atoms with Crippen LogP contribution in [0.2, 0.25) is 0 Å². The van der Waals surface area contributed by atoms with Gasteiger partial charge in [0.25, 0.3) is 0 Å². The first-order valence-corrected chi connectivity index (χ1v) is 9.17. The van der Waals surface area contributed by atoms with Gasteiger partial charge in [-0.2, -0.15) is 0 Å². The standard InChI is InChI=1S/C23H22O5/c1-12(2)5-6-13-7-8-15-19(26)17-16(24)11-14-9-10-23(3,4)28-20(14)22(17)27-21(15)18(13)25/h5,7-11,24-25H,6H2,1-4H3. The van der Waals surface area contributed by atoms with E-state index in [-0.39, 0.29) is 33.4 Å². The van der Waals surface area contributed by atoms with Crippen molar-refractivity contribution in [2.75, 3.05) is 0 Å². The molecule has 0 saturated carbocycles. The van der Waals surface area contributed by atoms with Crippen molar-refractivity contribution in [1.82, 2.24) is 0 Å². The van der Waals surface area contributed by atoms with Crippen molar-refractivity contribution in [1.29, 1.82) is 0 Å². The Bertz CT molecular complexity index is 1240. The summed E-state index contributed by atoms with van der Waals surface area (Å²) in [4.78, 5) is 13.1. The molecule has 0 atom stereocenters. The van der Waals surface area contributed by atoms with Crippen LogP contribution in [0.15, 0.2) is 45.1 Å². The quantitative estimate of drug-likeness (QED) is 0.482. The predicted octanol–water partition coefficient (Wildman–Crippen LogP) is 5.05. The largest absolute Gasteiger partial charge is 0.507 e. The topological polar surface area (TPSA) is 79.9 Å². The monoisotopic (exact) mass is 378 g/mol. The SMILES string of the molecule is CC(C)=CCc1ccc2c(=O)c3c(O)cc4c(c3oc2c1O)OC(C)(C)C=C4. The molecule has 0 unspecified atom stereocenters. The van der Waals surface area contributed by atoms with E-state index in [1.807, 2.05) is 45.9 Å². The molecule has 0 fully saturated rings. The molecule has 0 saturated heterocycles. The molecule has 0 bridgehead atoms. The summed E-state index contributed by atoms with van der Waals surface area (Å²) in [5, 5.41) is 21.5. The molecular weight excluding hydrogens is 356 g/mol. The van der Waals surface area contributed by atoms with E-state index >= 15 is 0 Å². The van der Waals surface area contributed by atoms with E-state index in [0.717, 1.165) is 5.57 Å². The second-order valence-electron chi connectivity index (χ2n) is 7.92. The highest BCUT2D eigenvalue weighted by Crippen LogP contribution is 2.42. The van der Waals surface area contributed by atoms with Gasteiger partial charge in [0.2, 0.25) is 5.43 Å². The van der Waals surface area contributed by atoms with Crippen LogP contribution in [0.5, 0.6) is 17.2 Å². The summed E-state index contributed by atoms with van der Waals surface area (Å²) >= 11 is 0. The van der Waals surface area contributed by atoms with Crippen molar-refractivity contribution in [2.45, 2.75) is 39.7 Å². The van der Waals surface area contributed by atoms with Gasteiger partial charge in [0.05, 0.1) is 5.39 Å². The van der Waals surface area contributed by atoms with Crippen LogP contribution in [0, 0.1) is 0 Å². The number of hydrogen-bond acceptors (Lipinski definition) is 5. The summed E-state index contributed by atoms with van der Waals surface area (Å²) in [7, 11) is 0. The van der Waals surface area contributed by atoms with Gasteiger partial charge in [-0.1, -0.05) is 23.8 Å². The Kier molecular flexibility index (Phi) is 4.00. The Labute approximate surface area is 162 Å². The van der Waals surface area contributed by atoms with Gasteiger partial charge in [-0.15, -0.1) is 0 Å². The second kappa shape index (κ2) is 6.16. The maximum Gasteiger partial charge on any atom is 0.204 e.